The van der Waals surface area contributed by atoms with E-state index in [0.29, 0.717) is 29.5 Å². The summed E-state index contributed by atoms with van der Waals surface area (Å²) < 4.78 is 0. The Bertz CT molecular complexity index is 881. The van der Waals surface area contributed by atoms with E-state index in [1.807, 2.05) is 0 Å². The molecule has 0 N–H and O–H groups in total. The van der Waals surface area contributed by atoms with Crippen LogP contribution in [0, 0.1) is 39.5 Å². The summed E-state index contributed by atoms with van der Waals surface area (Å²) in [5.74, 6) is 2.59. The lowest BCUT2D eigenvalue weighted by molar-refractivity contribution is -0.120. The quantitative estimate of drug-likeness (QED) is 0.385. The van der Waals surface area contributed by atoms with E-state index in [-0.39, 0.29) is 0 Å². The lowest BCUT2D eigenvalue weighted by atomic mass is 9.70. The van der Waals surface area contributed by atoms with Crippen LogP contribution in [0.1, 0.15) is 122 Å². The largest absolute Gasteiger partial charge is 0.300 e. The zero-order chi connectivity index (χ0) is 24.1. The molecule has 184 valence electrons. The van der Waals surface area contributed by atoms with Crippen molar-refractivity contribution in [2.45, 2.75) is 117 Å². The van der Waals surface area contributed by atoms with E-state index in [2.05, 4.69) is 64.1 Å². The number of carbonyl (C=O) groups is 1. The first kappa shape index (κ1) is 25.2. The van der Waals surface area contributed by atoms with Crippen molar-refractivity contribution in [1.29, 1.82) is 0 Å². The zero-order valence-corrected chi connectivity index (χ0v) is 22.2. The van der Waals surface area contributed by atoms with Crippen LogP contribution < -0.4 is 0 Å². The van der Waals surface area contributed by atoms with Crippen LogP contribution in [-0.4, -0.2) is 5.78 Å². The van der Waals surface area contributed by atoms with Gasteiger partial charge in [0.25, 0.3) is 0 Å². The molecule has 2 atom stereocenters. The number of carbonyl (C=O) groups excluding carboxylic acids is 1. The molecule has 0 amide bonds. The van der Waals surface area contributed by atoms with Gasteiger partial charge in [0.1, 0.15) is 5.78 Å². The Kier molecular flexibility index (Phi) is 8.67. The van der Waals surface area contributed by atoms with Gasteiger partial charge < -0.3 is 0 Å². The van der Waals surface area contributed by atoms with Gasteiger partial charge in [-0.05, 0) is 99.3 Å². The van der Waals surface area contributed by atoms with Crippen molar-refractivity contribution in [3.8, 4) is 0 Å². The van der Waals surface area contributed by atoms with Crippen LogP contribution in [0.3, 0.4) is 0 Å². The highest BCUT2D eigenvalue weighted by molar-refractivity contribution is 5.80. The molecule has 0 bridgehead atoms. The van der Waals surface area contributed by atoms with Gasteiger partial charge in [-0.3, -0.25) is 4.79 Å². The second-order valence-electron chi connectivity index (χ2n) is 11.7. The smallest absolute Gasteiger partial charge is 0.134 e. The third-order valence-electron chi connectivity index (χ3n) is 9.00. The van der Waals surface area contributed by atoms with Crippen molar-refractivity contribution in [1.82, 2.24) is 0 Å². The van der Waals surface area contributed by atoms with E-state index in [1.54, 1.807) is 0 Å². The number of aryl methyl sites for hydroxylation is 4. The molecule has 2 aromatic rings. The summed E-state index contributed by atoms with van der Waals surface area (Å²) in [7, 11) is 0. The third kappa shape index (κ3) is 6.21. The Morgan fingerprint density at radius 1 is 0.647 bits per heavy atom. The molecule has 2 aromatic carbocycles. The predicted octanol–water partition coefficient (Wildman–Crippen LogP) is 9.30. The van der Waals surface area contributed by atoms with Crippen LogP contribution in [0.2, 0.25) is 0 Å². The van der Waals surface area contributed by atoms with Crippen LogP contribution in [0.4, 0.5) is 0 Å². The predicted molar refractivity (Wildman–Crippen MR) is 145 cm³/mol. The maximum absolute atomic E-state index is 13.9. The summed E-state index contributed by atoms with van der Waals surface area (Å²) in [4.78, 5) is 13.9. The fourth-order valence-corrected chi connectivity index (χ4v) is 7.03. The molecule has 1 nitrogen and oxygen atoms in total. The number of ketones is 1. The number of Topliss-reactive ketones (excluding diaryl/α,β-unsaturated/α-hetero) is 1. The highest BCUT2D eigenvalue weighted by Crippen LogP contribution is 2.43. The molecule has 0 aliphatic heterocycles. The topological polar surface area (TPSA) is 17.1 Å². The van der Waals surface area contributed by atoms with Crippen molar-refractivity contribution in [2.75, 3.05) is 0 Å². The average molecular weight is 459 g/mol. The minimum Gasteiger partial charge on any atom is -0.300 e. The molecule has 0 heterocycles. The number of hydrogen-bond donors (Lipinski definition) is 0. The molecule has 2 fully saturated rings. The average Bonchev–Trinajstić information content (AvgIpc) is 2.85. The van der Waals surface area contributed by atoms with Gasteiger partial charge in [0.05, 0.1) is 0 Å². The second kappa shape index (κ2) is 11.7. The van der Waals surface area contributed by atoms with Gasteiger partial charge in [0, 0.05) is 12.8 Å². The second-order valence-corrected chi connectivity index (χ2v) is 11.7. The number of benzene rings is 2. The molecule has 0 spiro atoms. The van der Waals surface area contributed by atoms with Crippen molar-refractivity contribution < 1.29 is 4.79 Å². The zero-order valence-electron chi connectivity index (χ0n) is 22.2. The fourth-order valence-electron chi connectivity index (χ4n) is 7.03. The monoisotopic (exact) mass is 458 g/mol. The molecule has 2 aliphatic carbocycles. The van der Waals surface area contributed by atoms with E-state index < -0.39 is 0 Å². The summed E-state index contributed by atoms with van der Waals surface area (Å²) in [5, 5.41) is 0. The Hall–Kier alpha value is -1.89. The van der Waals surface area contributed by atoms with E-state index in [0.717, 1.165) is 12.8 Å². The molecule has 0 radical (unpaired) electrons. The van der Waals surface area contributed by atoms with Gasteiger partial charge in [-0.2, -0.15) is 0 Å². The van der Waals surface area contributed by atoms with Gasteiger partial charge >= 0.3 is 0 Å². The lowest BCUT2D eigenvalue weighted by Gasteiger charge is -2.34. The van der Waals surface area contributed by atoms with E-state index in [4.69, 9.17) is 0 Å². The highest BCUT2D eigenvalue weighted by Gasteiger charge is 2.32. The fraction of sp³-hybridized carbons (Fsp3) is 0.606. The highest BCUT2D eigenvalue weighted by atomic mass is 16.1. The van der Waals surface area contributed by atoms with E-state index in [9.17, 15) is 4.79 Å². The molecular formula is C33H46O. The van der Waals surface area contributed by atoms with E-state index >= 15 is 0 Å². The summed E-state index contributed by atoms with van der Waals surface area (Å²) in [6, 6.07) is 13.7. The summed E-state index contributed by atoms with van der Waals surface area (Å²) in [6.45, 7) is 8.89. The molecule has 4 rings (SSSR count). The molecule has 2 saturated carbocycles. The summed E-state index contributed by atoms with van der Waals surface area (Å²) in [5.41, 5.74) is 8.27. The molecule has 0 aromatic heterocycles. The van der Waals surface area contributed by atoms with E-state index in [1.165, 1.54) is 97.6 Å². The SMILES string of the molecule is Cc1ccc(C)c([C@@H](CC(=O)C[C@H](c2cc(C)ccc2C)C2CCCCC2)C2CCCCC2)c1. The minimum atomic E-state index is 0.387. The van der Waals surface area contributed by atoms with Crippen molar-refractivity contribution in [2.24, 2.45) is 11.8 Å². The Balaban J connectivity index is 1.59. The van der Waals surface area contributed by atoms with Gasteiger partial charge in [-0.25, -0.2) is 0 Å². The Morgan fingerprint density at radius 2 is 1.03 bits per heavy atom. The third-order valence-corrected chi connectivity index (χ3v) is 9.00. The molecule has 2 aliphatic rings. The molecule has 0 unspecified atom stereocenters. The van der Waals surface area contributed by atoms with Crippen LogP contribution >= 0.6 is 0 Å². The molecular weight excluding hydrogens is 412 g/mol. The van der Waals surface area contributed by atoms with Crippen LogP contribution in [0.5, 0.6) is 0 Å². The molecule has 1 heteroatoms. The van der Waals surface area contributed by atoms with Gasteiger partial charge in [-0.1, -0.05) is 86.1 Å². The number of rotatable bonds is 8. The van der Waals surface area contributed by atoms with Crippen molar-refractivity contribution >= 4 is 5.78 Å². The van der Waals surface area contributed by atoms with Gasteiger partial charge in [0.15, 0.2) is 0 Å². The number of hydrogen-bond acceptors (Lipinski definition) is 1. The molecule has 0 saturated heterocycles. The normalized spacial score (nSPS) is 19.6. The first-order valence-electron chi connectivity index (χ1n) is 14.1. The van der Waals surface area contributed by atoms with Crippen molar-refractivity contribution in [3.63, 3.8) is 0 Å². The minimum absolute atomic E-state index is 0.387. The Morgan fingerprint density at radius 3 is 1.41 bits per heavy atom. The lowest BCUT2D eigenvalue weighted by Crippen LogP contribution is -2.24. The van der Waals surface area contributed by atoms with Crippen molar-refractivity contribution in [3.05, 3.63) is 69.8 Å². The van der Waals surface area contributed by atoms with Crippen LogP contribution in [0.15, 0.2) is 36.4 Å². The van der Waals surface area contributed by atoms with Crippen LogP contribution in [-0.2, 0) is 4.79 Å². The Labute approximate surface area is 208 Å². The standard InChI is InChI=1S/C33H46O/c1-23-15-17-25(3)30(19-23)32(27-11-7-5-8-12-27)21-29(34)22-33(28-13-9-6-10-14-28)31-20-24(2)16-18-26(31)4/h15-20,27-28,32-33H,5-14,21-22H2,1-4H3/t32-,33-/m0/s1. The van der Waals surface area contributed by atoms with Gasteiger partial charge in [-0.15, -0.1) is 0 Å². The maximum Gasteiger partial charge on any atom is 0.134 e. The maximum atomic E-state index is 13.9. The first-order chi connectivity index (χ1) is 16.4. The summed E-state index contributed by atoms with van der Waals surface area (Å²) >= 11 is 0. The molecule has 34 heavy (non-hydrogen) atoms. The summed E-state index contributed by atoms with van der Waals surface area (Å²) in [6.07, 6.45) is 14.6. The van der Waals surface area contributed by atoms with Gasteiger partial charge in [0.2, 0.25) is 0 Å². The van der Waals surface area contributed by atoms with Crippen LogP contribution in [0.25, 0.3) is 0 Å². The first-order valence-corrected chi connectivity index (χ1v) is 14.1.